The van der Waals surface area contributed by atoms with Gasteiger partial charge in [0.05, 0.1) is 17.0 Å². The number of aryl methyl sites for hydroxylation is 1. The predicted molar refractivity (Wildman–Crippen MR) is 70.7 cm³/mol. The molecule has 0 fully saturated rings. The molecule has 4 nitrogen and oxygen atoms in total. The molecule has 0 amide bonds. The fourth-order valence-corrected chi connectivity index (χ4v) is 2.25. The van der Waals surface area contributed by atoms with Gasteiger partial charge >= 0.3 is 5.97 Å². The van der Waals surface area contributed by atoms with Crippen molar-refractivity contribution in [2.24, 2.45) is 5.92 Å². The molecule has 0 aliphatic carbocycles. The first kappa shape index (κ1) is 12.6. The van der Waals surface area contributed by atoms with Crippen LogP contribution in [0.4, 0.5) is 0 Å². The Bertz CT molecular complexity index is 572. The Hall–Kier alpha value is -1.84. The number of benzene rings is 1. The molecule has 0 bridgehead atoms. The summed E-state index contributed by atoms with van der Waals surface area (Å²) >= 11 is 0. The molecule has 18 heavy (non-hydrogen) atoms. The van der Waals surface area contributed by atoms with E-state index >= 15 is 0 Å². The molecular weight excluding hydrogens is 228 g/mol. The number of rotatable bonds is 4. The van der Waals surface area contributed by atoms with E-state index in [1.54, 1.807) is 0 Å². The van der Waals surface area contributed by atoms with E-state index in [0.29, 0.717) is 0 Å². The van der Waals surface area contributed by atoms with E-state index in [1.165, 1.54) is 0 Å². The number of nitrogens with one attached hydrogen (secondary N) is 1. The van der Waals surface area contributed by atoms with Crippen LogP contribution in [0.1, 0.15) is 38.1 Å². The fourth-order valence-electron chi connectivity index (χ4n) is 2.25. The number of hydrogen-bond acceptors (Lipinski definition) is 2. The first-order valence-corrected chi connectivity index (χ1v) is 6.24. The maximum atomic E-state index is 11.3. The summed E-state index contributed by atoms with van der Waals surface area (Å²) in [4.78, 5) is 18.9. The number of imidazole rings is 1. The molecule has 1 heterocycles. The van der Waals surface area contributed by atoms with E-state index < -0.39 is 11.9 Å². The molecule has 0 spiro atoms. The Morgan fingerprint density at radius 1 is 1.44 bits per heavy atom. The number of fused-ring (bicyclic) bond motifs is 1. The van der Waals surface area contributed by atoms with E-state index in [2.05, 4.69) is 9.97 Å². The van der Waals surface area contributed by atoms with E-state index in [4.69, 9.17) is 0 Å². The summed E-state index contributed by atoms with van der Waals surface area (Å²) in [6, 6.07) is 5.65. The minimum absolute atomic E-state index is 0.0634. The van der Waals surface area contributed by atoms with E-state index in [1.807, 2.05) is 39.0 Å². The highest BCUT2D eigenvalue weighted by Gasteiger charge is 2.23. The van der Waals surface area contributed by atoms with Crippen LogP contribution < -0.4 is 0 Å². The quantitative estimate of drug-likeness (QED) is 0.871. The molecule has 96 valence electrons. The zero-order valence-corrected chi connectivity index (χ0v) is 10.9. The summed E-state index contributed by atoms with van der Waals surface area (Å²) in [5.74, 6) is -0.255. The van der Waals surface area contributed by atoms with E-state index in [-0.39, 0.29) is 5.92 Å². The normalized spacial score (nSPS) is 13.1. The van der Waals surface area contributed by atoms with Crippen molar-refractivity contribution in [2.45, 2.75) is 33.1 Å². The highest BCUT2D eigenvalue weighted by atomic mass is 16.4. The van der Waals surface area contributed by atoms with Gasteiger partial charge in [-0.15, -0.1) is 0 Å². The minimum atomic E-state index is -0.778. The van der Waals surface area contributed by atoms with Crippen LogP contribution in [0, 0.1) is 5.92 Å². The summed E-state index contributed by atoms with van der Waals surface area (Å²) < 4.78 is 0. The van der Waals surface area contributed by atoms with Crippen LogP contribution in [0.15, 0.2) is 18.2 Å². The van der Waals surface area contributed by atoms with Gasteiger partial charge < -0.3 is 10.1 Å². The third-order valence-corrected chi connectivity index (χ3v) is 3.18. The van der Waals surface area contributed by atoms with Crippen LogP contribution in [0.25, 0.3) is 11.0 Å². The Labute approximate surface area is 106 Å². The Morgan fingerprint density at radius 2 is 2.17 bits per heavy atom. The molecule has 0 aliphatic rings. The second kappa shape index (κ2) is 4.80. The molecule has 0 aliphatic heterocycles. The van der Waals surface area contributed by atoms with Crippen LogP contribution in [0.5, 0.6) is 0 Å². The van der Waals surface area contributed by atoms with Crippen molar-refractivity contribution in [3.8, 4) is 0 Å². The molecular formula is C14H18N2O2. The van der Waals surface area contributed by atoms with Crippen LogP contribution in [-0.4, -0.2) is 21.0 Å². The molecule has 4 heteroatoms. The fraction of sp³-hybridized carbons (Fsp3) is 0.429. The third-order valence-electron chi connectivity index (χ3n) is 3.18. The monoisotopic (exact) mass is 246 g/mol. The summed E-state index contributed by atoms with van der Waals surface area (Å²) in [7, 11) is 0. The first-order valence-electron chi connectivity index (χ1n) is 6.24. The number of carbonyl (C=O) groups is 1. The number of aromatic nitrogens is 2. The van der Waals surface area contributed by atoms with Crippen molar-refractivity contribution in [1.29, 1.82) is 0 Å². The summed E-state index contributed by atoms with van der Waals surface area (Å²) in [6.45, 7) is 5.88. The highest BCUT2D eigenvalue weighted by Crippen LogP contribution is 2.27. The molecule has 2 aromatic rings. The number of H-pyrrole nitrogens is 1. The van der Waals surface area contributed by atoms with Gasteiger partial charge in [0.25, 0.3) is 0 Å². The summed E-state index contributed by atoms with van der Waals surface area (Å²) in [5.41, 5.74) is 2.64. The van der Waals surface area contributed by atoms with Gasteiger partial charge in [0, 0.05) is 6.42 Å². The van der Waals surface area contributed by atoms with Gasteiger partial charge in [-0.05, 0) is 23.6 Å². The zero-order valence-electron chi connectivity index (χ0n) is 10.9. The summed E-state index contributed by atoms with van der Waals surface area (Å²) in [6.07, 6.45) is 0.844. The van der Waals surface area contributed by atoms with Crippen LogP contribution in [0.3, 0.4) is 0 Å². The minimum Gasteiger partial charge on any atom is -0.481 e. The molecule has 0 radical (unpaired) electrons. The summed E-state index contributed by atoms with van der Waals surface area (Å²) in [5, 5.41) is 9.29. The van der Waals surface area contributed by atoms with E-state index in [9.17, 15) is 9.90 Å². The van der Waals surface area contributed by atoms with Gasteiger partial charge in [-0.3, -0.25) is 4.79 Å². The van der Waals surface area contributed by atoms with Crippen molar-refractivity contribution in [3.05, 3.63) is 29.6 Å². The highest BCUT2D eigenvalue weighted by molar-refractivity contribution is 5.81. The maximum Gasteiger partial charge on any atom is 0.311 e. The lowest BCUT2D eigenvalue weighted by molar-refractivity contribution is -0.139. The first-order chi connectivity index (χ1) is 8.52. The Morgan fingerprint density at radius 3 is 2.72 bits per heavy atom. The molecule has 1 aromatic carbocycles. The third kappa shape index (κ3) is 2.23. The maximum absolute atomic E-state index is 11.3. The van der Waals surface area contributed by atoms with Gasteiger partial charge in [-0.1, -0.05) is 26.8 Å². The van der Waals surface area contributed by atoms with Gasteiger partial charge in [0.2, 0.25) is 0 Å². The number of aliphatic carboxylic acids is 1. The number of nitrogens with zero attached hydrogens (tertiary/aromatic N) is 1. The molecule has 0 saturated heterocycles. The van der Waals surface area contributed by atoms with Crippen molar-refractivity contribution >= 4 is 17.0 Å². The predicted octanol–water partition coefficient (Wildman–Crippen LogP) is 2.95. The number of aromatic amines is 1. The Balaban J connectivity index is 2.47. The van der Waals surface area contributed by atoms with Crippen LogP contribution in [0.2, 0.25) is 0 Å². The van der Waals surface area contributed by atoms with Gasteiger partial charge in [-0.2, -0.15) is 0 Å². The van der Waals surface area contributed by atoms with Crippen LogP contribution >= 0.6 is 0 Å². The number of carboxylic acid groups (broad SMARTS) is 1. The Kier molecular flexibility index (Phi) is 3.36. The topological polar surface area (TPSA) is 66.0 Å². The van der Waals surface area contributed by atoms with Gasteiger partial charge in [0.1, 0.15) is 5.82 Å². The lowest BCUT2D eigenvalue weighted by atomic mass is 9.88. The van der Waals surface area contributed by atoms with Gasteiger partial charge in [0.15, 0.2) is 0 Å². The largest absolute Gasteiger partial charge is 0.481 e. The van der Waals surface area contributed by atoms with Gasteiger partial charge in [-0.25, -0.2) is 4.98 Å². The standard InChI is InChI=1S/C14H18N2O2/c1-4-12-15-10-6-5-9(7-11(10)16-12)13(8(2)3)14(17)18/h5-8,13H,4H2,1-3H3,(H,15,16)(H,17,18). The van der Waals surface area contributed by atoms with Crippen molar-refractivity contribution in [2.75, 3.05) is 0 Å². The number of carboxylic acids is 1. The smallest absolute Gasteiger partial charge is 0.311 e. The lowest BCUT2D eigenvalue weighted by Gasteiger charge is -2.16. The molecule has 0 saturated carbocycles. The number of hydrogen-bond donors (Lipinski definition) is 2. The average molecular weight is 246 g/mol. The van der Waals surface area contributed by atoms with Crippen LogP contribution in [-0.2, 0) is 11.2 Å². The molecule has 2 N–H and O–H groups in total. The van der Waals surface area contributed by atoms with Crippen molar-refractivity contribution in [1.82, 2.24) is 9.97 Å². The zero-order chi connectivity index (χ0) is 13.3. The second-order valence-corrected chi connectivity index (χ2v) is 4.87. The molecule has 1 atom stereocenters. The lowest BCUT2D eigenvalue weighted by Crippen LogP contribution is -2.17. The molecule has 2 rings (SSSR count). The van der Waals surface area contributed by atoms with Crippen molar-refractivity contribution in [3.63, 3.8) is 0 Å². The average Bonchev–Trinajstić information content (AvgIpc) is 2.70. The second-order valence-electron chi connectivity index (χ2n) is 4.87. The molecule has 1 aromatic heterocycles. The SMILES string of the molecule is CCc1nc2ccc(C(C(=O)O)C(C)C)cc2[nH]1. The molecule has 1 unspecified atom stereocenters. The van der Waals surface area contributed by atoms with Crippen molar-refractivity contribution < 1.29 is 9.90 Å². The van der Waals surface area contributed by atoms with E-state index in [0.717, 1.165) is 28.8 Å².